The average Bonchev–Trinajstić information content (AvgIpc) is 3.83. The van der Waals surface area contributed by atoms with Crippen molar-refractivity contribution in [2.45, 2.75) is 56.3 Å². The van der Waals surface area contributed by atoms with E-state index in [1.165, 1.54) is 4.90 Å². The Morgan fingerprint density at radius 2 is 1.36 bits per heavy atom. The quantitative estimate of drug-likeness (QED) is 0.123. The highest BCUT2D eigenvalue weighted by atomic mass is 16.4. The summed E-state index contributed by atoms with van der Waals surface area (Å²) in [6, 6.07) is 20.6. The van der Waals surface area contributed by atoms with Crippen LogP contribution in [0.25, 0.3) is 21.8 Å². The molecule has 3 amide bonds. The largest absolute Gasteiger partial charge is 0.480 e. The van der Waals surface area contributed by atoms with E-state index in [-0.39, 0.29) is 18.7 Å². The van der Waals surface area contributed by atoms with E-state index in [9.17, 15) is 24.3 Å². The van der Waals surface area contributed by atoms with Crippen LogP contribution in [0.15, 0.2) is 91.3 Å². The number of nitrogens with two attached hydrogens (primary N) is 1. The maximum absolute atomic E-state index is 13.9. The minimum atomic E-state index is -1.25. The molecule has 1 saturated heterocycles. The summed E-state index contributed by atoms with van der Waals surface area (Å²) in [6.07, 6.45) is 5.06. The van der Waals surface area contributed by atoms with Crippen LogP contribution in [0.3, 0.4) is 0 Å². The molecule has 4 atom stereocenters. The van der Waals surface area contributed by atoms with Crippen LogP contribution in [0, 0.1) is 0 Å². The summed E-state index contributed by atoms with van der Waals surface area (Å²) in [5.74, 6) is -2.63. The van der Waals surface area contributed by atoms with Gasteiger partial charge in [-0.3, -0.25) is 14.4 Å². The number of fused-ring (bicyclic) bond motifs is 2. The van der Waals surface area contributed by atoms with Gasteiger partial charge in [0.1, 0.15) is 18.1 Å². The van der Waals surface area contributed by atoms with E-state index < -0.39 is 42.0 Å². The van der Waals surface area contributed by atoms with Gasteiger partial charge in [-0.25, -0.2) is 4.79 Å². The average molecular weight is 635 g/mol. The second-order valence-corrected chi connectivity index (χ2v) is 12.1. The zero-order chi connectivity index (χ0) is 32.9. The molecule has 7 N–H and O–H groups in total. The monoisotopic (exact) mass is 634 g/mol. The molecule has 6 rings (SSSR count). The first kappa shape index (κ1) is 31.6. The van der Waals surface area contributed by atoms with Crippen molar-refractivity contribution in [3.05, 3.63) is 108 Å². The summed E-state index contributed by atoms with van der Waals surface area (Å²) in [7, 11) is 0. The molecule has 242 valence electrons. The SMILES string of the molecule is NC(Cc1ccccc1)C(=O)N1CCCC1C(=O)NC(Cc1c[nH]c2ccccc12)C(=O)NC(Cc1c[nH]c2ccccc12)C(=O)O. The summed E-state index contributed by atoms with van der Waals surface area (Å²) in [5.41, 5.74) is 10.5. The molecule has 47 heavy (non-hydrogen) atoms. The van der Waals surface area contributed by atoms with E-state index in [0.717, 1.165) is 38.5 Å². The van der Waals surface area contributed by atoms with Crippen LogP contribution in [-0.2, 0) is 38.4 Å². The summed E-state index contributed by atoms with van der Waals surface area (Å²) < 4.78 is 0. The van der Waals surface area contributed by atoms with Gasteiger partial charge in [-0.2, -0.15) is 0 Å². The van der Waals surface area contributed by atoms with Crippen LogP contribution in [-0.4, -0.2) is 74.4 Å². The van der Waals surface area contributed by atoms with E-state index in [2.05, 4.69) is 20.6 Å². The molecule has 11 heteroatoms. The molecule has 3 aromatic carbocycles. The second kappa shape index (κ2) is 13.9. The zero-order valence-corrected chi connectivity index (χ0v) is 25.8. The number of carboxylic acid groups (broad SMARTS) is 1. The Bertz CT molecular complexity index is 1900. The Morgan fingerprint density at radius 3 is 1.98 bits per heavy atom. The van der Waals surface area contributed by atoms with Gasteiger partial charge in [0.15, 0.2) is 0 Å². The number of carboxylic acids is 1. The number of H-pyrrole nitrogens is 2. The van der Waals surface area contributed by atoms with Crippen molar-refractivity contribution in [1.29, 1.82) is 0 Å². The number of hydrogen-bond donors (Lipinski definition) is 6. The fraction of sp³-hybridized carbons (Fsp3) is 0.278. The lowest BCUT2D eigenvalue weighted by molar-refractivity contribution is -0.143. The number of benzene rings is 3. The normalized spacial score (nSPS) is 16.5. The Labute approximate surface area is 271 Å². The second-order valence-electron chi connectivity index (χ2n) is 12.1. The summed E-state index contributed by atoms with van der Waals surface area (Å²) in [5, 5.41) is 17.4. The Morgan fingerprint density at radius 1 is 0.787 bits per heavy atom. The third kappa shape index (κ3) is 7.05. The van der Waals surface area contributed by atoms with Gasteiger partial charge >= 0.3 is 5.97 Å². The van der Waals surface area contributed by atoms with E-state index in [0.29, 0.717) is 25.8 Å². The minimum absolute atomic E-state index is 0.0447. The molecule has 0 saturated carbocycles. The van der Waals surface area contributed by atoms with Gasteiger partial charge in [0.2, 0.25) is 17.7 Å². The lowest BCUT2D eigenvalue weighted by Gasteiger charge is -2.28. The molecule has 0 aliphatic carbocycles. The molecule has 0 spiro atoms. The van der Waals surface area contributed by atoms with Crippen LogP contribution >= 0.6 is 0 Å². The number of nitrogens with zero attached hydrogens (tertiary/aromatic N) is 1. The lowest BCUT2D eigenvalue weighted by Crippen LogP contribution is -2.57. The molecule has 11 nitrogen and oxygen atoms in total. The summed E-state index contributed by atoms with van der Waals surface area (Å²) in [6.45, 7) is 0.379. The molecule has 5 aromatic rings. The number of aromatic nitrogens is 2. The fourth-order valence-corrected chi connectivity index (χ4v) is 6.46. The van der Waals surface area contributed by atoms with Gasteiger partial charge in [-0.15, -0.1) is 0 Å². The number of aromatic amines is 2. The number of rotatable bonds is 12. The van der Waals surface area contributed by atoms with Crippen molar-refractivity contribution in [3.8, 4) is 0 Å². The third-order valence-corrected chi connectivity index (χ3v) is 8.90. The van der Waals surface area contributed by atoms with Crippen LogP contribution < -0.4 is 16.4 Å². The standard InChI is InChI=1S/C36H38N6O5/c37-27(17-22-9-2-1-3-10-22)35(45)42-16-8-15-32(42)34(44)40-30(18-23-20-38-28-13-6-4-11-25(23)28)33(43)41-31(36(46)47)19-24-21-39-29-14-7-5-12-26(24)29/h1-7,9-14,20-21,27,30-32,38-39H,8,15-19,37H2,(H,40,44)(H,41,43)(H,46,47). The molecule has 1 aliphatic heterocycles. The van der Waals surface area contributed by atoms with Crippen molar-refractivity contribution in [2.75, 3.05) is 6.54 Å². The number of aliphatic carboxylic acids is 1. The molecule has 1 fully saturated rings. The highest BCUT2D eigenvalue weighted by molar-refractivity contribution is 5.95. The van der Waals surface area contributed by atoms with Crippen molar-refractivity contribution >= 4 is 45.5 Å². The van der Waals surface area contributed by atoms with Gasteiger partial charge < -0.3 is 36.3 Å². The maximum atomic E-state index is 13.9. The first-order valence-corrected chi connectivity index (χ1v) is 15.8. The number of hydrogen-bond acceptors (Lipinski definition) is 5. The lowest BCUT2D eigenvalue weighted by atomic mass is 10.0. The molecule has 2 aromatic heterocycles. The highest BCUT2D eigenvalue weighted by Crippen LogP contribution is 2.23. The van der Waals surface area contributed by atoms with Gasteiger partial charge in [-0.05, 0) is 48.1 Å². The number of carbonyl (C=O) groups excluding carboxylic acids is 3. The Hall–Kier alpha value is -5.42. The molecule has 0 bridgehead atoms. The van der Waals surface area contributed by atoms with E-state index in [1.54, 1.807) is 12.4 Å². The number of carbonyl (C=O) groups is 4. The van der Waals surface area contributed by atoms with E-state index in [4.69, 9.17) is 5.73 Å². The minimum Gasteiger partial charge on any atom is -0.480 e. The van der Waals surface area contributed by atoms with Crippen molar-refractivity contribution < 1.29 is 24.3 Å². The topological polar surface area (TPSA) is 173 Å². The van der Waals surface area contributed by atoms with E-state index in [1.807, 2.05) is 78.9 Å². The molecular formula is C36H38N6O5. The zero-order valence-electron chi connectivity index (χ0n) is 25.8. The Kier molecular flexibility index (Phi) is 9.35. The number of para-hydroxylation sites is 2. The molecule has 3 heterocycles. The van der Waals surface area contributed by atoms with Crippen LogP contribution in [0.5, 0.6) is 0 Å². The van der Waals surface area contributed by atoms with Gasteiger partial charge in [0.05, 0.1) is 6.04 Å². The van der Waals surface area contributed by atoms with Gasteiger partial charge in [0.25, 0.3) is 0 Å². The maximum Gasteiger partial charge on any atom is 0.326 e. The highest BCUT2D eigenvalue weighted by Gasteiger charge is 2.38. The fourth-order valence-electron chi connectivity index (χ4n) is 6.46. The van der Waals surface area contributed by atoms with Crippen LogP contribution in [0.4, 0.5) is 0 Å². The predicted molar refractivity (Wildman–Crippen MR) is 178 cm³/mol. The smallest absolute Gasteiger partial charge is 0.326 e. The first-order chi connectivity index (χ1) is 22.8. The van der Waals surface area contributed by atoms with Crippen LogP contribution in [0.2, 0.25) is 0 Å². The Balaban J connectivity index is 1.21. The van der Waals surface area contributed by atoms with Gasteiger partial charge in [-0.1, -0.05) is 66.7 Å². The number of likely N-dealkylation sites (tertiary alicyclic amines) is 1. The summed E-state index contributed by atoms with van der Waals surface area (Å²) >= 11 is 0. The molecule has 0 radical (unpaired) electrons. The van der Waals surface area contributed by atoms with Crippen molar-refractivity contribution in [2.24, 2.45) is 5.73 Å². The molecule has 4 unspecified atom stereocenters. The number of amides is 3. The predicted octanol–water partition coefficient (Wildman–Crippen LogP) is 3.05. The van der Waals surface area contributed by atoms with Crippen molar-refractivity contribution in [3.63, 3.8) is 0 Å². The van der Waals surface area contributed by atoms with Crippen molar-refractivity contribution in [1.82, 2.24) is 25.5 Å². The summed E-state index contributed by atoms with van der Waals surface area (Å²) in [4.78, 5) is 61.3. The van der Waals surface area contributed by atoms with E-state index >= 15 is 0 Å². The molecular weight excluding hydrogens is 596 g/mol. The van der Waals surface area contributed by atoms with Gasteiger partial charge in [0, 0.05) is 53.6 Å². The van der Waals surface area contributed by atoms with Crippen LogP contribution in [0.1, 0.15) is 29.5 Å². The first-order valence-electron chi connectivity index (χ1n) is 15.8. The third-order valence-electron chi connectivity index (χ3n) is 8.90. The molecule has 1 aliphatic rings. The number of nitrogens with one attached hydrogen (secondary N) is 4.